The lowest BCUT2D eigenvalue weighted by Crippen LogP contribution is -2.08. The van der Waals surface area contributed by atoms with E-state index < -0.39 is 0 Å². The number of carbonyl (C=O) groups excluding carboxylic acids is 1. The van der Waals surface area contributed by atoms with Gasteiger partial charge in [0.25, 0.3) is 0 Å². The van der Waals surface area contributed by atoms with Crippen molar-refractivity contribution in [3.8, 4) is 0 Å². The molecule has 0 saturated carbocycles. The summed E-state index contributed by atoms with van der Waals surface area (Å²) in [5.41, 5.74) is 2.05. The number of aromatic nitrogens is 3. The van der Waals surface area contributed by atoms with Gasteiger partial charge in [0.2, 0.25) is 0 Å². The fourth-order valence-electron chi connectivity index (χ4n) is 1.71. The summed E-state index contributed by atoms with van der Waals surface area (Å²) in [5, 5.41) is 0. The van der Waals surface area contributed by atoms with Crippen molar-refractivity contribution in [2.45, 2.75) is 47.1 Å². The third-order valence-electron chi connectivity index (χ3n) is 2.79. The maximum Gasteiger partial charge on any atom is 0.356 e. The van der Waals surface area contributed by atoms with Crippen molar-refractivity contribution >= 4 is 17.0 Å². The van der Waals surface area contributed by atoms with Crippen molar-refractivity contribution in [2.75, 3.05) is 6.61 Å². The van der Waals surface area contributed by atoms with Crippen molar-refractivity contribution < 1.29 is 9.53 Å². The second-order valence-corrected chi connectivity index (χ2v) is 4.08. The zero-order valence-corrected chi connectivity index (χ0v) is 12.7. The van der Waals surface area contributed by atoms with E-state index in [0.717, 1.165) is 30.4 Å². The van der Waals surface area contributed by atoms with Crippen molar-refractivity contribution in [3.63, 3.8) is 0 Å². The highest BCUT2D eigenvalue weighted by atomic mass is 16.5. The number of hydrogen-bond donors (Lipinski definition) is 0. The van der Waals surface area contributed by atoms with Crippen molar-refractivity contribution in [1.29, 1.82) is 0 Å². The Hall–Kier alpha value is -1.91. The topological polar surface area (TPSA) is 57.0 Å². The highest BCUT2D eigenvalue weighted by Gasteiger charge is 2.11. The summed E-state index contributed by atoms with van der Waals surface area (Å²) >= 11 is 0. The first-order valence-electron chi connectivity index (χ1n) is 7.24. The number of aryl methyl sites for hydroxylation is 1. The van der Waals surface area contributed by atoms with Gasteiger partial charge < -0.3 is 9.30 Å². The summed E-state index contributed by atoms with van der Waals surface area (Å²) in [6.07, 6.45) is 5.24. The first-order valence-corrected chi connectivity index (χ1v) is 7.24. The molecule has 0 N–H and O–H groups in total. The van der Waals surface area contributed by atoms with Crippen LogP contribution in [0, 0.1) is 0 Å². The molecule has 0 radical (unpaired) electrons. The summed E-state index contributed by atoms with van der Waals surface area (Å²) < 4.78 is 7.11. The van der Waals surface area contributed by atoms with Gasteiger partial charge in [-0.15, -0.1) is 0 Å². The Kier molecular flexibility index (Phi) is 6.70. The number of nitrogens with zero attached hydrogens (tertiary/aromatic N) is 3. The van der Waals surface area contributed by atoms with Crippen LogP contribution in [0.1, 0.15) is 51.0 Å². The molecule has 2 rings (SSSR count). The highest BCUT2D eigenvalue weighted by Crippen LogP contribution is 2.13. The van der Waals surface area contributed by atoms with Gasteiger partial charge >= 0.3 is 5.97 Å². The molecule has 0 aliphatic rings. The molecule has 20 heavy (non-hydrogen) atoms. The van der Waals surface area contributed by atoms with Crippen LogP contribution in [0.2, 0.25) is 0 Å². The zero-order valence-electron chi connectivity index (χ0n) is 12.7. The summed E-state index contributed by atoms with van der Waals surface area (Å²) in [6.45, 7) is 9.34. The SMILES string of the molecule is CC.CCCCOC(=O)c1cc2c(cn1)ncn2CC. The number of carbonyl (C=O) groups is 1. The number of fused-ring (bicyclic) bond motifs is 1. The largest absolute Gasteiger partial charge is 0.461 e. The van der Waals surface area contributed by atoms with Gasteiger partial charge in [0.05, 0.1) is 24.6 Å². The van der Waals surface area contributed by atoms with E-state index in [-0.39, 0.29) is 5.97 Å². The Morgan fingerprint density at radius 3 is 2.70 bits per heavy atom. The average Bonchev–Trinajstić information content (AvgIpc) is 2.91. The van der Waals surface area contributed by atoms with Gasteiger partial charge in [0.1, 0.15) is 5.52 Å². The van der Waals surface area contributed by atoms with Gasteiger partial charge in [0.15, 0.2) is 5.69 Å². The molecule has 0 saturated heterocycles. The Labute approximate surface area is 120 Å². The Morgan fingerprint density at radius 2 is 2.05 bits per heavy atom. The van der Waals surface area contributed by atoms with Gasteiger partial charge in [-0.3, -0.25) is 0 Å². The number of ether oxygens (including phenoxy) is 1. The fraction of sp³-hybridized carbons (Fsp3) is 0.533. The monoisotopic (exact) mass is 277 g/mol. The van der Waals surface area contributed by atoms with E-state index in [2.05, 4.69) is 16.9 Å². The third kappa shape index (κ3) is 3.79. The van der Waals surface area contributed by atoms with E-state index in [1.54, 1.807) is 18.6 Å². The lowest BCUT2D eigenvalue weighted by atomic mass is 10.3. The first kappa shape index (κ1) is 16.1. The molecule has 0 spiro atoms. The molecular weight excluding hydrogens is 254 g/mol. The summed E-state index contributed by atoms with van der Waals surface area (Å²) in [4.78, 5) is 20.1. The predicted molar refractivity (Wildman–Crippen MR) is 79.7 cm³/mol. The van der Waals surface area contributed by atoms with Crippen molar-refractivity contribution in [3.05, 3.63) is 24.3 Å². The number of esters is 1. The van der Waals surface area contributed by atoms with Crippen LogP contribution in [0.25, 0.3) is 11.0 Å². The maximum absolute atomic E-state index is 11.8. The molecule has 0 unspecified atom stereocenters. The summed E-state index contributed by atoms with van der Waals surface area (Å²) in [6, 6.07) is 1.74. The number of rotatable bonds is 5. The molecule has 0 aliphatic heterocycles. The minimum atomic E-state index is -0.366. The van der Waals surface area contributed by atoms with Gasteiger partial charge in [-0.1, -0.05) is 27.2 Å². The second-order valence-electron chi connectivity index (χ2n) is 4.08. The normalized spacial score (nSPS) is 10.0. The molecule has 0 aliphatic carbocycles. The standard InChI is InChI=1S/C13H17N3O2.C2H6/c1-3-5-6-18-13(17)10-7-12-11(8-14-10)15-9-16(12)4-2;1-2/h7-9H,3-6H2,1-2H3;1-2H3. The minimum absolute atomic E-state index is 0.341. The minimum Gasteiger partial charge on any atom is -0.461 e. The molecule has 110 valence electrons. The smallest absolute Gasteiger partial charge is 0.356 e. The van der Waals surface area contributed by atoms with E-state index in [0.29, 0.717) is 12.3 Å². The summed E-state index contributed by atoms with van der Waals surface area (Å²) in [5.74, 6) is -0.366. The number of pyridine rings is 1. The van der Waals surface area contributed by atoms with E-state index in [1.807, 2.05) is 25.3 Å². The second kappa shape index (κ2) is 8.30. The van der Waals surface area contributed by atoms with Crippen LogP contribution >= 0.6 is 0 Å². The number of unbranched alkanes of at least 4 members (excludes halogenated alkanes) is 1. The van der Waals surface area contributed by atoms with Gasteiger partial charge in [-0.25, -0.2) is 14.8 Å². The van der Waals surface area contributed by atoms with Crippen molar-refractivity contribution in [2.24, 2.45) is 0 Å². The molecule has 2 aromatic heterocycles. The molecule has 0 bridgehead atoms. The molecule has 0 aromatic carbocycles. The van der Waals surface area contributed by atoms with Crippen LogP contribution in [-0.2, 0) is 11.3 Å². The molecule has 0 amide bonds. The van der Waals surface area contributed by atoms with Gasteiger partial charge in [0, 0.05) is 6.54 Å². The van der Waals surface area contributed by atoms with Crippen LogP contribution in [0.5, 0.6) is 0 Å². The van der Waals surface area contributed by atoms with Gasteiger partial charge in [-0.2, -0.15) is 0 Å². The van der Waals surface area contributed by atoms with E-state index in [4.69, 9.17) is 4.74 Å². The molecule has 5 nitrogen and oxygen atoms in total. The lowest BCUT2D eigenvalue weighted by Gasteiger charge is -2.04. The van der Waals surface area contributed by atoms with E-state index in [1.165, 1.54) is 0 Å². The van der Waals surface area contributed by atoms with Crippen molar-refractivity contribution in [1.82, 2.24) is 14.5 Å². The quantitative estimate of drug-likeness (QED) is 0.620. The number of hydrogen-bond acceptors (Lipinski definition) is 4. The van der Waals surface area contributed by atoms with Gasteiger partial charge in [-0.05, 0) is 19.4 Å². The van der Waals surface area contributed by atoms with Crippen LogP contribution in [0.4, 0.5) is 0 Å². The van der Waals surface area contributed by atoms with Crippen LogP contribution in [0.3, 0.4) is 0 Å². The van der Waals surface area contributed by atoms with E-state index >= 15 is 0 Å². The predicted octanol–water partition coefficient (Wildman–Crippen LogP) is 3.43. The maximum atomic E-state index is 11.8. The van der Waals surface area contributed by atoms with Crippen LogP contribution < -0.4 is 0 Å². The Balaban J connectivity index is 0.000000956. The first-order chi connectivity index (χ1) is 9.76. The Morgan fingerprint density at radius 1 is 1.30 bits per heavy atom. The summed E-state index contributed by atoms with van der Waals surface area (Å²) in [7, 11) is 0. The average molecular weight is 277 g/mol. The lowest BCUT2D eigenvalue weighted by molar-refractivity contribution is 0.0493. The Bertz CT molecular complexity index is 549. The molecule has 0 fully saturated rings. The zero-order chi connectivity index (χ0) is 15.0. The fourth-order valence-corrected chi connectivity index (χ4v) is 1.71. The molecule has 2 aromatic rings. The molecule has 2 heterocycles. The third-order valence-corrected chi connectivity index (χ3v) is 2.79. The van der Waals surface area contributed by atoms with Crippen LogP contribution in [-0.4, -0.2) is 27.1 Å². The van der Waals surface area contributed by atoms with Crippen LogP contribution in [0.15, 0.2) is 18.6 Å². The molecule has 5 heteroatoms. The molecule has 0 atom stereocenters. The molecular formula is C15H23N3O2. The number of imidazole rings is 1. The van der Waals surface area contributed by atoms with E-state index in [9.17, 15) is 4.79 Å². The highest BCUT2D eigenvalue weighted by molar-refractivity contribution is 5.91.